The van der Waals surface area contributed by atoms with Gasteiger partial charge in [0.15, 0.2) is 0 Å². The fourth-order valence-corrected chi connectivity index (χ4v) is 2.33. The number of hydrogen-bond donors (Lipinski definition) is 2. The Morgan fingerprint density at radius 3 is 3.18 bits per heavy atom. The van der Waals surface area contributed by atoms with Crippen molar-refractivity contribution in [1.82, 2.24) is 15.1 Å². The first-order valence-corrected chi connectivity index (χ1v) is 5.68. The fraction of sp³-hybridized carbons (Fsp3) is 0.333. The van der Waals surface area contributed by atoms with Crippen molar-refractivity contribution in [2.75, 3.05) is 6.54 Å². The molecule has 17 heavy (non-hydrogen) atoms. The second-order valence-corrected chi connectivity index (χ2v) is 4.49. The van der Waals surface area contributed by atoms with Gasteiger partial charge in [0.2, 0.25) is 5.91 Å². The lowest BCUT2D eigenvalue weighted by Gasteiger charge is -2.16. The number of aromatic amines is 1. The first-order valence-electron chi connectivity index (χ1n) is 5.68. The second kappa shape index (κ2) is 3.85. The third-order valence-corrected chi connectivity index (χ3v) is 3.18. The summed E-state index contributed by atoms with van der Waals surface area (Å²) in [5.74, 6) is 0.137. The molecule has 1 atom stereocenters. The van der Waals surface area contributed by atoms with Gasteiger partial charge in [-0.05, 0) is 11.6 Å². The largest absolute Gasteiger partial charge is 0.337 e. The molecule has 0 bridgehead atoms. The number of nitrogens with two attached hydrogens (primary N) is 1. The first-order chi connectivity index (χ1) is 8.24. The number of aromatic nitrogens is 2. The average molecular weight is 230 g/mol. The van der Waals surface area contributed by atoms with Crippen molar-refractivity contribution in [3.05, 3.63) is 30.0 Å². The number of rotatable bonds is 2. The van der Waals surface area contributed by atoms with Crippen LogP contribution in [0.5, 0.6) is 0 Å². The number of likely N-dealkylation sites (tertiary alicyclic amines) is 1. The van der Waals surface area contributed by atoms with Crippen LogP contribution in [0.15, 0.2) is 24.4 Å². The summed E-state index contributed by atoms with van der Waals surface area (Å²) in [6.45, 7) is 1.26. The minimum atomic E-state index is -0.0222. The van der Waals surface area contributed by atoms with Crippen LogP contribution < -0.4 is 5.73 Å². The molecule has 0 radical (unpaired) electrons. The van der Waals surface area contributed by atoms with Gasteiger partial charge in [-0.2, -0.15) is 5.10 Å². The van der Waals surface area contributed by atoms with Crippen molar-refractivity contribution < 1.29 is 4.79 Å². The van der Waals surface area contributed by atoms with Crippen LogP contribution in [0.3, 0.4) is 0 Å². The lowest BCUT2D eigenvalue weighted by atomic mass is 10.1. The van der Waals surface area contributed by atoms with Crippen LogP contribution in [-0.2, 0) is 11.3 Å². The Bertz CT molecular complexity index is 562. The summed E-state index contributed by atoms with van der Waals surface area (Å²) >= 11 is 0. The van der Waals surface area contributed by atoms with Crippen LogP contribution in [-0.4, -0.2) is 33.6 Å². The van der Waals surface area contributed by atoms with Crippen LogP contribution in [0.1, 0.15) is 12.0 Å². The highest BCUT2D eigenvalue weighted by molar-refractivity contribution is 5.83. The van der Waals surface area contributed by atoms with Gasteiger partial charge in [-0.3, -0.25) is 9.89 Å². The number of nitrogens with zero attached hydrogens (tertiary/aromatic N) is 2. The Hall–Kier alpha value is -1.88. The van der Waals surface area contributed by atoms with Gasteiger partial charge in [0.25, 0.3) is 0 Å². The Balaban J connectivity index is 1.90. The van der Waals surface area contributed by atoms with Gasteiger partial charge in [-0.1, -0.05) is 12.1 Å². The van der Waals surface area contributed by atoms with Gasteiger partial charge in [-0.15, -0.1) is 0 Å². The summed E-state index contributed by atoms with van der Waals surface area (Å²) in [6, 6.07) is 5.94. The molecular weight excluding hydrogens is 216 g/mol. The van der Waals surface area contributed by atoms with E-state index >= 15 is 0 Å². The Morgan fingerprint density at radius 2 is 2.41 bits per heavy atom. The summed E-state index contributed by atoms with van der Waals surface area (Å²) in [4.78, 5) is 13.5. The van der Waals surface area contributed by atoms with E-state index in [1.165, 1.54) is 0 Å². The van der Waals surface area contributed by atoms with Gasteiger partial charge in [0.05, 0.1) is 11.7 Å². The zero-order chi connectivity index (χ0) is 11.8. The number of carbonyl (C=O) groups excluding carboxylic acids is 1. The molecule has 5 nitrogen and oxygen atoms in total. The summed E-state index contributed by atoms with van der Waals surface area (Å²) in [7, 11) is 0. The Morgan fingerprint density at radius 1 is 1.53 bits per heavy atom. The van der Waals surface area contributed by atoms with Gasteiger partial charge in [-0.25, -0.2) is 0 Å². The maximum Gasteiger partial charge on any atom is 0.224 e. The third-order valence-electron chi connectivity index (χ3n) is 3.18. The first kappa shape index (κ1) is 10.3. The zero-order valence-corrected chi connectivity index (χ0v) is 9.39. The van der Waals surface area contributed by atoms with Crippen molar-refractivity contribution in [3.8, 4) is 0 Å². The maximum absolute atomic E-state index is 11.7. The molecule has 1 aromatic carbocycles. The SMILES string of the molecule is NC1CC(=O)N(Cc2cccc3[nH]ncc23)C1. The topological polar surface area (TPSA) is 75.0 Å². The number of H-pyrrole nitrogens is 1. The van der Waals surface area contributed by atoms with E-state index in [9.17, 15) is 4.79 Å². The van der Waals surface area contributed by atoms with Crippen molar-refractivity contribution in [2.45, 2.75) is 19.0 Å². The molecule has 1 unspecified atom stereocenters. The van der Waals surface area contributed by atoms with Crippen LogP contribution in [0.4, 0.5) is 0 Å². The molecule has 0 saturated carbocycles. The summed E-state index contributed by atoms with van der Waals surface area (Å²) in [5.41, 5.74) is 7.89. The van der Waals surface area contributed by atoms with E-state index < -0.39 is 0 Å². The van der Waals surface area contributed by atoms with E-state index in [0.29, 0.717) is 19.5 Å². The van der Waals surface area contributed by atoms with Gasteiger partial charge < -0.3 is 10.6 Å². The molecule has 2 heterocycles. The molecule has 1 fully saturated rings. The number of benzene rings is 1. The number of hydrogen-bond acceptors (Lipinski definition) is 3. The second-order valence-electron chi connectivity index (χ2n) is 4.49. The number of amides is 1. The highest BCUT2D eigenvalue weighted by atomic mass is 16.2. The molecule has 2 aromatic rings. The van der Waals surface area contributed by atoms with E-state index in [1.807, 2.05) is 23.1 Å². The lowest BCUT2D eigenvalue weighted by molar-refractivity contribution is -0.128. The van der Waals surface area contributed by atoms with E-state index in [4.69, 9.17) is 5.73 Å². The molecule has 3 rings (SSSR count). The molecule has 1 amide bonds. The predicted molar refractivity (Wildman–Crippen MR) is 64.1 cm³/mol. The molecule has 1 saturated heterocycles. The molecule has 88 valence electrons. The highest BCUT2D eigenvalue weighted by Gasteiger charge is 2.27. The highest BCUT2D eigenvalue weighted by Crippen LogP contribution is 2.20. The quantitative estimate of drug-likeness (QED) is 0.794. The molecule has 1 aliphatic heterocycles. The maximum atomic E-state index is 11.7. The van der Waals surface area contributed by atoms with Crippen LogP contribution >= 0.6 is 0 Å². The monoisotopic (exact) mass is 230 g/mol. The van der Waals surface area contributed by atoms with E-state index in [1.54, 1.807) is 6.20 Å². The van der Waals surface area contributed by atoms with Crippen LogP contribution in [0, 0.1) is 0 Å². The van der Waals surface area contributed by atoms with E-state index in [2.05, 4.69) is 10.2 Å². The van der Waals surface area contributed by atoms with Gasteiger partial charge >= 0.3 is 0 Å². The Labute approximate surface area is 98.6 Å². The van der Waals surface area contributed by atoms with Crippen LogP contribution in [0.25, 0.3) is 10.9 Å². The van der Waals surface area contributed by atoms with E-state index in [0.717, 1.165) is 16.5 Å². The summed E-state index contributed by atoms with van der Waals surface area (Å²) < 4.78 is 0. The molecule has 0 spiro atoms. The molecular formula is C12H14N4O. The van der Waals surface area contributed by atoms with Crippen LogP contribution in [0.2, 0.25) is 0 Å². The average Bonchev–Trinajstić information content (AvgIpc) is 2.87. The molecule has 0 aliphatic carbocycles. The standard InChI is InChI=1S/C12H14N4O/c13-9-4-12(17)16(7-9)6-8-2-1-3-11-10(8)5-14-15-11/h1-3,5,9H,4,6-7,13H2,(H,14,15). The molecule has 3 N–H and O–H groups in total. The molecule has 1 aliphatic rings. The normalized spacial score (nSPS) is 20.4. The number of nitrogens with one attached hydrogen (secondary N) is 1. The fourth-order valence-electron chi connectivity index (χ4n) is 2.33. The molecule has 5 heteroatoms. The van der Waals surface area contributed by atoms with Crippen molar-refractivity contribution in [1.29, 1.82) is 0 Å². The summed E-state index contributed by atoms with van der Waals surface area (Å²) in [5, 5.41) is 8.01. The van der Waals surface area contributed by atoms with Crippen molar-refractivity contribution in [2.24, 2.45) is 5.73 Å². The number of fused-ring (bicyclic) bond motifs is 1. The minimum Gasteiger partial charge on any atom is -0.337 e. The minimum absolute atomic E-state index is 0.0222. The summed E-state index contributed by atoms with van der Waals surface area (Å²) in [6.07, 6.45) is 2.26. The number of carbonyl (C=O) groups is 1. The third kappa shape index (κ3) is 1.78. The van der Waals surface area contributed by atoms with Crippen molar-refractivity contribution >= 4 is 16.8 Å². The van der Waals surface area contributed by atoms with Gasteiger partial charge in [0.1, 0.15) is 0 Å². The smallest absolute Gasteiger partial charge is 0.224 e. The molecule has 1 aromatic heterocycles. The predicted octanol–water partition coefficient (Wildman–Crippen LogP) is 0.622. The van der Waals surface area contributed by atoms with Crippen molar-refractivity contribution in [3.63, 3.8) is 0 Å². The zero-order valence-electron chi connectivity index (χ0n) is 9.39. The van der Waals surface area contributed by atoms with Gasteiger partial charge in [0, 0.05) is 30.9 Å². The van der Waals surface area contributed by atoms with E-state index in [-0.39, 0.29) is 11.9 Å². The lowest BCUT2D eigenvalue weighted by Crippen LogP contribution is -2.27. The Kier molecular flexibility index (Phi) is 2.33.